The number of hydrogen-bond acceptors (Lipinski definition) is 3. The Bertz CT molecular complexity index is 829. The number of rotatable bonds is 5. The van der Waals surface area contributed by atoms with Crippen LogP contribution in [-0.2, 0) is 22.3 Å². The molecule has 0 radical (unpaired) electrons. The van der Waals surface area contributed by atoms with Crippen molar-refractivity contribution in [1.82, 2.24) is 0 Å². The summed E-state index contributed by atoms with van der Waals surface area (Å²) in [5.41, 5.74) is 5.73. The van der Waals surface area contributed by atoms with Gasteiger partial charge in [-0.25, -0.2) is 0 Å². The van der Waals surface area contributed by atoms with Gasteiger partial charge < -0.3 is 5.11 Å². The lowest BCUT2D eigenvalue weighted by molar-refractivity contribution is 0.464. The van der Waals surface area contributed by atoms with E-state index >= 15 is 0 Å². The van der Waals surface area contributed by atoms with E-state index in [1.54, 1.807) is 18.2 Å². The summed E-state index contributed by atoms with van der Waals surface area (Å²) in [6.07, 6.45) is 0.712. The summed E-state index contributed by atoms with van der Waals surface area (Å²) in [6.45, 7) is 7.97. The molecule has 0 unspecified atom stereocenters. The van der Waals surface area contributed by atoms with Gasteiger partial charge in [0.15, 0.2) is 0 Å². The SMILES string of the molecule is Cc1cc(CS(=O)(=O)O)cc(C)c1Cc1ccc(O)c(C(C)C)c1. The number of phenolic OH excluding ortho intramolecular Hbond substituents is 1. The molecule has 0 spiro atoms. The molecule has 0 aliphatic carbocycles. The van der Waals surface area contributed by atoms with Gasteiger partial charge in [-0.15, -0.1) is 0 Å². The zero-order valence-electron chi connectivity index (χ0n) is 14.5. The molecule has 0 bridgehead atoms. The van der Waals surface area contributed by atoms with E-state index in [0.29, 0.717) is 17.7 Å². The van der Waals surface area contributed by atoms with Gasteiger partial charge in [0.2, 0.25) is 0 Å². The van der Waals surface area contributed by atoms with Gasteiger partial charge in [-0.2, -0.15) is 8.42 Å². The molecule has 2 aromatic carbocycles. The molecule has 2 aromatic rings. The van der Waals surface area contributed by atoms with Crippen LogP contribution in [0.1, 0.15) is 53.1 Å². The summed E-state index contributed by atoms with van der Waals surface area (Å²) in [5.74, 6) is 0.182. The van der Waals surface area contributed by atoms with Crippen LogP contribution in [0.3, 0.4) is 0 Å². The van der Waals surface area contributed by atoms with Gasteiger partial charge in [0.25, 0.3) is 10.1 Å². The Balaban J connectivity index is 2.35. The highest BCUT2D eigenvalue weighted by molar-refractivity contribution is 7.85. The smallest absolute Gasteiger partial charge is 0.269 e. The van der Waals surface area contributed by atoms with E-state index in [4.69, 9.17) is 4.55 Å². The first-order valence-electron chi connectivity index (χ1n) is 7.92. The summed E-state index contributed by atoms with van der Waals surface area (Å²) < 4.78 is 31.1. The molecular weight excluding hydrogens is 324 g/mol. The average Bonchev–Trinajstić information content (AvgIpc) is 2.42. The molecule has 4 nitrogen and oxygen atoms in total. The minimum atomic E-state index is -4.03. The van der Waals surface area contributed by atoms with Gasteiger partial charge in [-0.05, 0) is 65.6 Å². The van der Waals surface area contributed by atoms with Crippen molar-refractivity contribution in [3.05, 3.63) is 63.7 Å². The van der Waals surface area contributed by atoms with Crippen LogP contribution in [0.4, 0.5) is 0 Å². The van der Waals surface area contributed by atoms with E-state index in [0.717, 1.165) is 27.8 Å². The fraction of sp³-hybridized carbons (Fsp3) is 0.368. The maximum Gasteiger partial charge on any atom is 0.269 e. The number of aryl methyl sites for hydroxylation is 2. The van der Waals surface area contributed by atoms with Crippen molar-refractivity contribution in [3.8, 4) is 5.75 Å². The molecule has 2 N–H and O–H groups in total. The molecule has 0 atom stereocenters. The Hall–Kier alpha value is -1.85. The zero-order valence-corrected chi connectivity index (χ0v) is 15.3. The third-order valence-corrected chi connectivity index (χ3v) is 4.90. The Morgan fingerprint density at radius 1 is 1.00 bits per heavy atom. The van der Waals surface area contributed by atoms with Crippen molar-refractivity contribution < 1.29 is 18.1 Å². The minimum Gasteiger partial charge on any atom is -0.508 e. The largest absolute Gasteiger partial charge is 0.508 e. The number of benzene rings is 2. The van der Waals surface area contributed by atoms with Gasteiger partial charge in [0.05, 0.1) is 0 Å². The maximum atomic E-state index is 11.1. The summed E-state index contributed by atoms with van der Waals surface area (Å²) in [7, 11) is -4.03. The van der Waals surface area contributed by atoms with Crippen LogP contribution in [0.2, 0.25) is 0 Å². The van der Waals surface area contributed by atoms with Crippen LogP contribution in [0.15, 0.2) is 30.3 Å². The molecule has 0 aliphatic rings. The average molecular weight is 348 g/mol. The fourth-order valence-corrected chi connectivity index (χ4v) is 3.62. The topological polar surface area (TPSA) is 74.6 Å². The third-order valence-electron chi connectivity index (χ3n) is 4.20. The standard InChI is InChI=1S/C19H24O4S/c1-12(2)17-9-15(5-6-19(17)20)10-18-13(3)7-16(8-14(18)4)11-24(21,22)23/h5-9,12,20H,10-11H2,1-4H3,(H,21,22,23). The number of aromatic hydroxyl groups is 1. The molecule has 0 fully saturated rings. The van der Waals surface area contributed by atoms with Crippen molar-refractivity contribution in [2.45, 2.75) is 45.8 Å². The lowest BCUT2D eigenvalue weighted by atomic mass is 9.92. The predicted octanol–water partition coefficient (Wildman–Crippen LogP) is 4.11. The van der Waals surface area contributed by atoms with E-state index in [1.807, 2.05) is 39.8 Å². The first kappa shape index (κ1) is 18.5. The van der Waals surface area contributed by atoms with E-state index < -0.39 is 10.1 Å². The van der Waals surface area contributed by atoms with Crippen LogP contribution in [0, 0.1) is 13.8 Å². The van der Waals surface area contributed by atoms with Crippen LogP contribution in [0.25, 0.3) is 0 Å². The van der Waals surface area contributed by atoms with Crippen LogP contribution in [0.5, 0.6) is 5.75 Å². The van der Waals surface area contributed by atoms with Gasteiger partial charge >= 0.3 is 0 Å². The number of phenols is 1. The molecule has 0 heterocycles. The van der Waals surface area contributed by atoms with E-state index in [2.05, 4.69) is 0 Å². The molecule has 0 saturated heterocycles. The van der Waals surface area contributed by atoms with E-state index in [-0.39, 0.29) is 11.7 Å². The molecule has 0 aromatic heterocycles. The third kappa shape index (κ3) is 4.58. The molecule has 2 rings (SSSR count). The van der Waals surface area contributed by atoms with E-state index in [9.17, 15) is 13.5 Å². The number of hydrogen-bond donors (Lipinski definition) is 2. The van der Waals surface area contributed by atoms with Gasteiger partial charge in [0.1, 0.15) is 11.5 Å². The van der Waals surface area contributed by atoms with Gasteiger partial charge in [0, 0.05) is 0 Å². The molecule has 0 aliphatic heterocycles. The molecule has 5 heteroatoms. The monoisotopic (exact) mass is 348 g/mol. The van der Waals surface area contributed by atoms with Crippen molar-refractivity contribution in [1.29, 1.82) is 0 Å². The summed E-state index contributed by atoms with van der Waals surface area (Å²) >= 11 is 0. The first-order valence-corrected chi connectivity index (χ1v) is 9.53. The highest BCUT2D eigenvalue weighted by Crippen LogP contribution is 2.28. The Kier molecular flexibility index (Phi) is 5.35. The van der Waals surface area contributed by atoms with Gasteiger partial charge in [-0.3, -0.25) is 4.55 Å². The Morgan fingerprint density at radius 2 is 1.58 bits per heavy atom. The lowest BCUT2D eigenvalue weighted by Crippen LogP contribution is -2.04. The van der Waals surface area contributed by atoms with Crippen molar-refractivity contribution in [3.63, 3.8) is 0 Å². The van der Waals surface area contributed by atoms with Crippen LogP contribution >= 0.6 is 0 Å². The highest BCUT2D eigenvalue weighted by Gasteiger charge is 2.13. The Morgan fingerprint density at radius 3 is 2.08 bits per heavy atom. The van der Waals surface area contributed by atoms with Crippen molar-refractivity contribution in [2.24, 2.45) is 0 Å². The van der Waals surface area contributed by atoms with Crippen molar-refractivity contribution >= 4 is 10.1 Å². The van der Waals surface area contributed by atoms with E-state index in [1.165, 1.54) is 0 Å². The molecule has 24 heavy (non-hydrogen) atoms. The summed E-state index contributed by atoms with van der Waals surface area (Å²) in [6, 6.07) is 9.26. The molecule has 130 valence electrons. The highest BCUT2D eigenvalue weighted by atomic mass is 32.2. The second kappa shape index (κ2) is 6.95. The normalized spacial score (nSPS) is 11.9. The van der Waals surface area contributed by atoms with Crippen molar-refractivity contribution in [2.75, 3.05) is 0 Å². The quantitative estimate of drug-likeness (QED) is 0.797. The second-order valence-corrected chi connectivity index (χ2v) is 8.11. The second-order valence-electron chi connectivity index (χ2n) is 6.66. The summed E-state index contributed by atoms with van der Waals surface area (Å²) in [5, 5.41) is 9.94. The first-order chi connectivity index (χ1) is 11.1. The van der Waals surface area contributed by atoms with Crippen LogP contribution < -0.4 is 0 Å². The summed E-state index contributed by atoms with van der Waals surface area (Å²) in [4.78, 5) is 0. The lowest BCUT2D eigenvalue weighted by Gasteiger charge is -2.15. The zero-order chi connectivity index (χ0) is 18.1. The maximum absolute atomic E-state index is 11.1. The predicted molar refractivity (Wildman–Crippen MR) is 96.2 cm³/mol. The molecular formula is C19H24O4S. The van der Waals surface area contributed by atoms with Gasteiger partial charge in [-0.1, -0.05) is 38.1 Å². The minimum absolute atomic E-state index is 0.240. The molecule has 0 saturated carbocycles. The van der Waals surface area contributed by atoms with Crippen LogP contribution in [-0.4, -0.2) is 18.1 Å². The fourth-order valence-electron chi connectivity index (χ4n) is 3.04. The Labute approximate surface area is 143 Å². The molecule has 0 amide bonds.